The molecule has 1 aromatic carbocycles. The summed E-state index contributed by atoms with van der Waals surface area (Å²) in [6.07, 6.45) is 7.06. The van der Waals surface area contributed by atoms with Crippen LogP contribution in [0.25, 0.3) is 0 Å². The predicted molar refractivity (Wildman–Crippen MR) is 85.3 cm³/mol. The molecule has 0 saturated carbocycles. The second-order valence-electron chi connectivity index (χ2n) is 6.18. The number of carbonyl (C=O) groups excluding carboxylic acids is 1. The average molecular weight is 303 g/mol. The summed E-state index contributed by atoms with van der Waals surface area (Å²) >= 11 is 0. The molecule has 1 unspecified atom stereocenters. The molecule has 4 nitrogen and oxygen atoms in total. The molecule has 2 saturated heterocycles. The molecular weight excluding hydrogens is 278 g/mol. The van der Waals surface area contributed by atoms with E-state index in [2.05, 4.69) is 0 Å². The Labute approximate surface area is 132 Å². The van der Waals surface area contributed by atoms with Gasteiger partial charge in [-0.25, -0.2) is 0 Å². The van der Waals surface area contributed by atoms with E-state index < -0.39 is 0 Å². The van der Waals surface area contributed by atoms with Crippen LogP contribution in [0.3, 0.4) is 0 Å². The molecule has 0 N–H and O–H groups in total. The van der Waals surface area contributed by atoms with E-state index in [4.69, 9.17) is 9.47 Å². The van der Waals surface area contributed by atoms with Crippen LogP contribution in [-0.2, 0) is 4.74 Å². The van der Waals surface area contributed by atoms with Crippen LogP contribution in [0.4, 0.5) is 0 Å². The zero-order chi connectivity index (χ0) is 15.2. The highest BCUT2D eigenvalue weighted by Gasteiger charge is 2.19. The Kier molecular flexibility index (Phi) is 5.33. The van der Waals surface area contributed by atoms with Gasteiger partial charge in [0.2, 0.25) is 0 Å². The summed E-state index contributed by atoms with van der Waals surface area (Å²) in [5, 5.41) is 0. The Bertz CT molecular complexity index is 489. The quantitative estimate of drug-likeness (QED) is 0.857. The van der Waals surface area contributed by atoms with E-state index >= 15 is 0 Å². The number of amides is 1. The number of carbonyl (C=O) groups is 1. The predicted octanol–water partition coefficient (Wildman–Crippen LogP) is 3.26. The first-order valence-electron chi connectivity index (χ1n) is 8.47. The molecule has 2 heterocycles. The minimum atomic E-state index is 0.129. The monoisotopic (exact) mass is 303 g/mol. The summed E-state index contributed by atoms with van der Waals surface area (Å²) in [4.78, 5) is 14.6. The SMILES string of the molecule is O=C(c1cccc(OCC2CCCO2)c1)N1CCCCCC1. The maximum atomic E-state index is 12.6. The van der Waals surface area contributed by atoms with Crippen molar-refractivity contribution in [3.05, 3.63) is 29.8 Å². The molecule has 2 aliphatic rings. The summed E-state index contributed by atoms with van der Waals surface area (Å²) in [5.74, 6) is 0.889. The van der Waals surface area contributed by atoms with Gasteiger partial charge in [-0.05, 0) is 43.9 Å². The highest BCUT2D eigenvalue weighted by atomic mass is 16.5. The van der Waals surface area contributed by atoms with E-state index in [1.807, 2.05) is 29.2 Å². The fourth-order valence-electron chi connectivity index (χ4n) is 3.14. The van der Waals surface area contributed by atoms with Crippen LogP contribution in [0, 0.1) is 0 Å². The van der Waals surface area contributed by atoms with E-state index in [1.54, 1.807) is 0 Å². The second-order valence-corrected chi connectivity index (χ2v) is 6.18. The molecule has 0 bridgehead atoms. The Balaban J connectivity index is 1.60. The molecule has 2 fully saturated rings. The third kappa shape index (κ3) is 4.01. The molecule has 4 heteroatoms. The van der Waals surface area contributed by atoms with Crippen LogP contribution in [0.1, 0.15) is 48.9 Å². The number of likely N-dealkylation sites (tertiary alicyclic amines) is 1. The molecule has 2 aliphatic heterocycles. The molecule has 0 aliphatic carbocycles. The third-order valence-corrected chi connectivity index (χ3v) is 4.43. The molecule has 0 spiro atoms. The summed E-state index contributed by atoms with van der Waals surface area (Å²) in [7, 11) is 0. The largest absolute Gasteiger partial charge is 0.491 e. The molecule has 3 rings (SSSR count). The van der Waals surface area contributed by atoms with Gasteiger partial charge < -0.3 is 14.4 Å². The van der Waals surface area contributed by atoms with Gasteiger partial charge in [0.15, 0.2) is 0 Å². The van der Waals surface area contributed by atoms with Crippen molar-refractivity contribution in [2.75, 3.05) is 26.3 Å². The van der Waals surface area contributed by atoms with Crippen molar-refractivity contribution in [2.45, 2.75) is 44.6 Å². The van der Waals surface area contributed by atoms with Crippen molar-refractivity contribution >= 4 is 5.91 Å². The molecule has 120 valence electrons. The highest BCUT2D eigenvalue weighted by molar-refractivity contribution is 5.94. The maximum absolute atomic E-state index is 12.6. The molecule has 1 amide bonds. The first-order chi connectivity index (χ1) is 10.8. The number of benzene rings is 1. The van der Waals surface area contributed by atoms with E-state index in [0.29, 0.717) is 6.61 Å². The van der Waals surface area contributed by atoms with Crippen LogP contribution in [0.5, 0.6) is 5.75 Å². The fourth-order valence-corrected chi connectivity index (χ4v) is 3.14. The van der Waals surface area contributed by atoms with Crippen LogP contribution in [0.15, 0.2) is 24.3 Å². The lowest BCUT2D eigenvalue weighted by Gasteiger charge is -2.20. The summed E-state index contributed by atoms with van der Waals surface area (Å²) in [5.41, 5.74) is 0.728. The minimum absolute atomic E-state index is 0.129. The number of nitrogens with zero attached hydrogens (tertiary/aromatic N) is 1. The van der Waals surface area contributed by atoms with Crippen molar-refractivity contribution in [1.29, 1.82) is 0 Å². The van der Waals surface area contributed by atoms with E-state index in [-0.39, 0.29) is 12.0 Å². The van der Waals surface area contributed by atoms with Crippen LogP contribution >= 0.6 is 0 Å². The van der Waals surface area contributed by atoms with Gasteiger partial charge in [0.25, 0.3) is 5.91 Å². The highest BCUT2D eigenvalue weighted by Crippen LogP contribution is 2.19. The third-order valence-electron chi connectivity index (χ3n) is 4.43. The van der Waals surface area contributed by atoms with Crippen molar-refractivity contribution in [2.24, 2.45) is 0 Å². The first-order valence-corrected chi connectivity index (χ1v) is 8.47. The molecule has 1 aromatic rings. The molecule has 1 atom stereocenters. The van der Waals surface area contributed by atoms with Crippen LogP contribution in [-0.4, -0.2) is 43.2 Å². The fraction of sp³-hybridized carbons (Fsp3) is 0.611. The minimum Gasteiger partial charge on any atom is -0.491 e. The standard InChI is InChI=1S/C18H25NO3/c20-18(19-10-3-1-2-4-11-19)15-7-5-8-16(13-15)22-14-17-9-6-12-21-17/h5,7-8,13,17H,1-4,6,9-12,14H2. The van der Waals surface area contributed by atoms with Gasteiger partial charge >= 0.3 is 0 Å². The lowest BCUT2D eigenvalue weighted by molar-refractivity contribution is 0.0677. The lowest BCUT2D eigenvalue weighted by Crippen LogP contribution is -2.31. The zero-order valence-electron chi connectivity index (χ0n) is 13.1. The maximum Gasteiger partial charge on any atom is 0.253 e. The summed E-state index contributed by atoms with van der Waals surface area (Å²) < 4.78 is 11.4. The van der Waals surface area contributed by atoms with Crippen molar-refractivity contribution < 1.29 is 14.3 Å². The van der Waals surface area contributed by atoms with E-state index in [0.717, 1.165) is 56.7 Å². The van der Waals surface area contributed by atoms with Gasteiger partial charge in [-0.3, -0.25) is 4.79 Å². The Morgan fingerprint density at radius 1 is 1.18 bits per heavy atom. The zero-order valence-corrected chi connectivity index (χ0v) is 13.1. The summed E-state index contributed by atoms with van der Waals surface area (Å²) in [6.45, 7) is 3.16. The van der Waals surface area contributed by atoms with Crippen LogP contribution < -0.4 is 4.74 Å². The molecule has 0 aromatic heterocycles. The number of hydrogen-bond acceptors (Lipinski definition) is 3. The normalized spacial score (nSPS) is 22.4. The Morgan fingerprint density at radius 3 is 2.73 bits per heavy atom. The van der Waals surface area contributed by atoms with Crippen molar-refractivity contribution in [1.82, 2.24) is 4.90 Å². The molecule has 22 heavy (non-hydrogen) atoms. The molecular formula is C18H25NO3. The number of hydrogen-bond donors (Lipinski definition) is 0. The number of ether oxygens (including phenoxy) is 2. The first kappa shape index (κ1) is 15.3. The smallest absolute Gasteiger partial charge is 0.253 e. The van der Waals surface area contributed by atoms with Gasteiger partial charge in [-0.1, -0.05) is 18.9 Å². The lowest BCUT2D eigenvalue weighted by atomic mass is 10.2. The number of rotatable bonds is 4. The van der Waals surface area contributed by atoms with Gasteiger partial charge in [-0.15, -0.1) is 0 Å². The van der Waals surface area contributed by atoms with E-state index in [1.165, 1.54) is 12.8 Å². The topological polar surface area (TPSA) is 38.8 Å². The second kappa shape index (κ2) is 7.63. The van der Waals surface area contributed by atoms with Gasteiger partial charge in [0, 0.05) is 25.3 Å². The van der Waals surface area contributed by atoms with Crippen molar-refractivity contribution in [3.8, 4) is 5.75 Å². The van der Waals surface area contributed by atoms with E-state index in [9.17, 15) is 4.79 Å². The summed E-state index contributed by atoms with van der Waals surface area (Å²) in [6, 6.07) is 7.55. The van der Waals surface area contributed by atoms with Gasteiger partial charge in [-0.2, -0.15) is 0 Å². The van der Waals surface area contributed by atoms with Crippen molar-refractivity contribution in [3.63, 3.8) is 0 Å². The molecule has 0 radical (unpaired) electrons. The van der Waals surface area contributed by atoms with Crippen LogP contribution in [0.2, 0.25) is 0 Å². The Hall–Kier alpha value is -1.55. The van der Waals surface area contributed by atoms with Gasteiger partial charge in [0.1, 0.15) is 12.4 Å². The Morgan fingerprint density at radius 2 is 2.00 bits per heavy atom. The van der Waals surface area contributed by atoms with Gasteiger partial charge in [0.05, 0.1) is 6.10 Å². The average Bonchev–Trinajstić information content (AvgIpc) is 2.93.